The maximum Gasteiger partial charge on any atom is 0.434 e. The zero-order valence-corrected chi connectivity index (χ0v) is 16.4. The summed E-state index contributed by atoms with van der Waals surface area (Å²) in [5.41, 5.74) is -1.75. The Kier molecular flexibility index (Phi) is 9.10. The quantitative estimate of drug-likeness (QED) is 0.215. The van der Waals surface area contributed by atoms with Crippen LogP contribution in [0.2, 0.25) is 0 Å². The number of hydrogen-bond acceptors (Lipinski definition) is 6. The molecule has 0 aromatic heterocycles. The fraction of sp³-hybridized carbons (Fsp3) is 0.800. The van der Waals surface area contributed by atoms with Gasteiger partial charge in [-0.05, 0) is 20.3 Å². The second-order valence-electron chi connectivity index (χ2n) is 6.82. The van der Waals surface area contributed by atoms with Crippen molar-refractivity contribution in [3.8, 4) is 0 Å². The number of ether oxygens (including phenoxy) is 3. The first kappa shape index (κ1) is 30.6. The minimum Gasteiger partial charge on any atom is -0.440 e. The third-order valence-electron chi connectivity index (χ3n) is 3.75. The van der Waals surface area contributed by atoms with Gasteiger partial charge in [-0.15, -0.1) is 0 Å². The van der Waals surface area contributed by atoms with Crippen LogP contribution in [-0.2, 0) is 28.6 Å². The fourth-order valence-corrected chi connectivity index (χ4v) is 1.60. The van der Waals surface area contributed by atoms with E-state index in [1.807, 2.05) is 0 Å². The van der Waals surface area contributed by atoms with E-state index in [2.05, 4.69) is 14.2 Å². The van der Waals surface area contributed by atoms with Gasteiger partial charge in [-0.1, -0.05) is 6.92 Å². The highest BCUT2D eigenvalue weighted by Gasteiger charge is 2.63. The monoisotopic (exact) mass is 518 g/mol. The Hall–Kier alpha value is -2.43. The van der Waals surface area contributed by atoms with Gasteiger partial charge < -0.3 is 14.2 Å². The van der Waals surface area contributed by atoms with E-state index >= 15 is 0 Å². The van der Waals surface area contributed by atoms with E-state index in [-0.39, 0.29) is 6.42 Å². The lowest BCUT2D eigenvalue weighted by molar-refractivity contribution is -0.319. The summed E-state index contributed by atoms with van der Waals surface area (Å²) in [6.45, 7) is 3.23. The molecule has 6 nitrogen and oxygen atoms in total. The molecule has 0 saturated carbocycles. The summed E-state index contributed by atoms with van der Waals surface area (Å²) in [6.07, 6.45) is -39.5. The molecule has 18 heteroatoms. The molecule has 0 fully saturated rings. The molecule has 0 bridgehead atoms. The van der Waals surface area contributed by atoms with Crippen molar-refractivity contribution < 1.29 is 81.3 Å². The summed E-state index contributed by atoms with van der Waals surface area (Å²) in [7, 11) is 0. The molecule has 0 saturated heterocycles. The fourth-order valence-electron chi connectivity index (χ4n) is 1.60. The highest BCUT2D eigenvalue weighted by molar-refractivity contribution is 6.00. The predicted octanol–water partition coefficient (Wildman–Crippen LogP) is 4.41. The van der Waals surface area contributed by atoms with Gasteiger partial charge in [-0.2, -0.15) is 52.7 Å². The number of alkyl halides is 12. The van der Waals surface area contributed by atoms with Crippen LogP contribution in [0, 0.1) is 5.41 Å². The third kappa shape index (κ3) is 8.79. The first-order valence-corrected chi connectivity index (χ1v) is 8.24. The molecule has 33 heavy (non-hydrogen) atoms. The molecule has 0 aliphatic carbocycles. The summed E-state index contributed by atoms with van der Waals surface area (Å²) in [5.74, 6) is -7.93. The molecule has 0 heterocycles. The molecule has 0 unspecified atom stereocenters. The summed E-state index contributed by atoms with van der Waals surface area (Å²) in [6, 6.07) is 0. The zero-order valence-electron chi connectivity index (χ0n) is 16.4. The van der Waals surface area contributed by atoms with Crippen LogP contribution in [0.25, 0.3) is 0 Å². The van der Waals surface area contributed by atoms with Crippen molar-refractivity contribution in [2.45, 2.75) is 70.2 Å². The largest absolute Gasteiger partial charge is 0.440 e. The second-order valence-corrected chi connectivity index (χ2v) is 6.82. The molecule has 0 rings (SSSR count). The molecule has 0 radical (unpaired) electrons. The van der Waals surface area contributed by atoms with Gasteiger partial charge in [0, 0.05) is 0 Å². The number of carbonyl (C=O) groups is 3. The lowest BCUT2D eigenvalue weighted by Gasteiger charge is -2.28. The third-order valence-corrected chi connectivity index (χ3v) is 3.75. The van der Waals surface area contributed by atoms with Crippen molar-refractivity contribution in [3.05, 3.63) is 0 Å². The highest BCUT2D eigenvalue weighted by atomic mass is 19.4. The number of carbonyl (C=O) groups excluding carboxylic acids is 3. The molecule has 0 N–H and O–H groups in total. The maximum absolute atomic E-state index is 12.6. The van der Waals surface area contributed by atoms with E-state index in [0.717, 1.165) is 13.8 Å². The maximum atomic E-state index is 12.6. The van der Waals surface area contributed by atoms with Gasteiger partial charge in [-0.3, -0.25) is 4.79 Å². The van der Waals surface area contributed by atoms with Crippen molar-refractivity contribution >= 4 is 17.9 Å². The molecule has 0 aliphatic heterocycles. The van der Waals surface area contributed by atoms with E-state index in [0.29, 0.717) is 0 Å². The lowest BCUT2D eigenvalue weighted by Crippen LogP contribution is -2.52. The van der Waals surface area contributed by atoms with E-state index in [1.54, 1.807) is 0 Å². The van der Waals surface area contributed by atoms with Gasteiger partial charge in [0.2, 0.25) is 0 Å². The van der Waals surface area contributed by atoms with Crippen LogP contribution < -0.4 is 0 Å². The minimum atomic E-state index is -6.38. The van der Waals surface area contributed by atoms with Crippen LogP contribution in [0.5, 0.6) is 0 Å². The van der Waals surface area contributed by atoms with Crippen LogP contribution in [0.1, 0.15) is 27.2 Å². The van der Waals surface area contributed by atoms with E-state index in [4.69, 9.17) is 0 Å². The van der Waals surface area contributed by atoms with Crippen molar-refractivity contribution in [2.24, 2.45) is 5.41 Å². The lowest BCUT2D eigenvalue weighted by atomic mass is 9.90. The normalized spacial score (nSPS) is 14.0. The number of esters is 3. The number of rotatable bonds is 7. The van der Waals surface area contributed by atoms with Gasteiger partial charge in [0.05, 0.1) is 5.41 Å². The van der Waals surface area contributed by atoms with Crippen LogP contribution in [0.15, 0.2) is 0 Å². The minimum absolute atomic E-state index is 0.232. The van der Waals surface area contributed by atoms with Gasteiger partial charge in [0.1, 0.15) is 0 Å². The van der Waals surface area contributed by atoms with Gasteiger partial charge in [0.15, 0.2) is 0 Å². The summed E-state index contributed by atoms with van der Waals surface area (Å²) in [4.78, 5) is 35.5. The average Bonchev–Trinajstić information content (AvgIpc) is 2.57. The highest BCUT2D eigenvalue weighted by Crippen LogP contribution is 2.38. The van der Waals surface area contributed by atoms with Crippen LogP contribution in [0.4, 0.5) is 52.7 Å². The SMILES string of the molecule is CCC(C)(C)C(=O)OC(C(=O)OC(C(F)(F)F)C(F)(F)F)C(=O)OC(C(F)(F)F)C(F)(F)F. The molecule has 0 spiro atoms. The first-order chi connectivity index (χ1) is 14.4. The molecule has 0 atom stereocenters. The van der Waals surface area contributed by atoms with Gasteiger partial charge in [0.25, 0.3) is 18.3 Å². The van der Waals surface area contributed by atoms with Crippen molar-refractivity contribution in [1.29, 1.82) is 0 Å². The van der Waals surface area contributed by atoms with Crippen LogP contribution >= 0.6 is 0 Å². The Labute approximate surface area is 176 Å². The topological polar surface area (TPSA) is 78.9 Å². The average molecular weight is 518 g/mol. The predicted molar refractivity (Wildman–Crippen MR) is 77.9 cm³/mol. The van der Waals surface area contributed by atoms with Gasteiger partial charge >= 0.3 is 42.6 Å². The van der Waals surface area contributed by atoms with Crippen LogP contribution in [0.3, 0.4) is 0 Å². The Balaban J connectivity index is 6.22. The molecule has 0 amide bonds. The van der Waals surface area contributed by atoms with Gasteiger partial charge in [-0.25, -0.2) is 9.59 Å². The Morgan fingerprint density at radius 2 is 0.879 bits per heavy atom. The number of halogens is 12. The molecular weight excluding hydrogens is 504 g/mol. The van der Waals surface area contributed by atoms with E-state index in [9.17, 15) is 67.1 Å². The Morgan fingerprint density at radius 1 is 0.606 bits per heavy atom. The van der Waals surface area contributed by atoms with Crippen molar-refractivity contribution in [1.82, 2.24) is 0 Å². The molecule has 0 aromatic rings. The molecule has 194 valence electrons. The molecule has 0 aliphatic rings. The Bertz CT molecular complexity index is 645. The summed E-state index contributed by atoms with van der Waals surface area (Å²) >= 11 is 0. The first-order valence-electron chi connectivity index (χ1n) is 8.24. The van der Waals surface area contributed by atoms with Crippen molar-refractivity contribution in [2.75, 3.05) is 0 Å². The molecule has 0 aromatic carbocycles. The molecular formula is C15H14F12O6. The van der Waals surface area contributed by atoms with E-state index < -0.39 is 66.3 Å². The summed E-state index contributed by atoms with van der Waals surface area (Å²) in [5, 5.41) is 0. The summed E-state index contributed by atoms with van der Waals surface area (Å²) < 4.78 is 161. The standard InChI is InChI=1S/C15H14F12O6/c1-4-11(2,3)10(30)31-5(6(28)32-8(12(16,17)18)13(19,20)21)7(29)33-9(14(22,23)24)15(25,26)27/h5,8-9H,4H2,1-3H3. The second kappa shape index (κ2) is 9.82. The van der Waals surface area contributed by atoms with E-state index in [1.165, 1.54) is 6.92 Å². The number of hydrogen-bond donors (Lipinski definition) is 0. The smallest absolute Gasteiger partial charge is 0.434 e. The van der Waals surface area contributed by atoms with Crippen molar-refractivity contribution in [3.63, 3.8) is 0 Å². The Morgan fingerprint density at radius 3 is 1.09 bits per heavy atom. The zero-order chi connectivity index (χ0) is 26.8. The van der Waals surface area contributed by atoms with Crippen LogP contribution in [-0.4, -0.2) is 60.9 Å².